The van der Waals surface area contributed by atoms with E-state index < -0.39 is 0 Å². The molecule has 3 nitrogen and oxygen atoms in total. The predicted octanol–water partition coefficient (Wildman–Crippen LogP) is 1.58. The largest absolute Gasteiger partial charge is 0.381 e. The second-order valence-electron chi connectivity index (χ2n) is 4.26. The first kappa shape index (κ1) is 11.5. The summed E-state index contributed by atoms with van der Waals surface area (Å²) < 4.78 is 5.59. The predicted molar refractivity (Wildman–Crippen MR) is 56.0 cm³/mol. The molecule has 1 heterocycles. The fourth-order valence-electron chi connectivity index (χ4n) is 1.55. The highest BCUT2D eigenvalue weighted by atomic mass is 16.5. The van der Waals surface area contributed by atoms with Gasteiger partial charge in [0.1, 0.15) is 0 Å². The van der Waals surface area contributed by atoms with Crippen molar-refractivity contribution in [3.05, 3.63) is 0 Å². The Bertz CT molecular complexity index is 182. The van der Waals surface area contributed by atoms with Crippen LogP contribution in [0, 0.1) is 11.8 Å². The van der Waals surface area contributed by atoms with E-state index in [0.29, 0.717) is 18.3 Å². The number of hydrogen-bond donors (Lipinski definition) is 1. The smallest absolute Gasteiger partial charge is 0.220 e. The molecule has 0 aromatic carbocycles. The quantitative estimate of drug-likeness (QED) is 0.730. The van der Waals surface area contributed by atoms with Gasteiger partial charge in [-0.3, -0.25) is 4.79 Å². The number of hydrogen-bond acceptors (Lipinski definition) is 2. The first-order chi connectivity index (χ1) is 6.72. The normalized spacial score (nSPS) is 24.4. The van der Waals surface area contributed by atoms with Gasteiger partial charge in [0.2, 0.25) is 5.91 Å². The standard InChI is InChI=1S/C11H21NO2/c1-3-9(2)7-14-8-10-4-5-12-11(13)6-10/h9-10H,3-8H2,1-2H3,(H,12,13)/t9-,10+/m0/s1. The average molecular weight is 199 g/mol. The van der Waals surface area contributed by atoms with Crippen molar-refractivity contribution in [1.82, 2.24) is 5.32 Å². The van der Waals surface area contributed by atoms with Crippen molar-refractivity contribution in [3.63, 3.8) is 0 Å². The molecule has 3 heteroatoms. The van der Waals surface area contributed by atoms with E-state index >= 15 is 0 Å². The number of piperidine rings is 1. The molecule has 2 atom stereocenters. The molecule has 0 unspecified atom stereocenters. The van der Waals surface area contributed by atoms with Crippen LogP contribution in [0.25, 0.3) is 0 Å². The fourth-order valence-corrected chi connectivity index (χ4v) is 1.55. The van der Waals surface area contributed by atoms with Crippen LogP contribution in [-0.2, 0) is 9.53 Å². The molecule has 1 fully saturated rings. The lowest BCUT2D eigenvalue weighted by molar-refractivity contribution is -0.124. The van der Waals surface area contributed by atoms with Crippen molar-refractivity contribution in [3.8, 4) is 0 Å². The lowest BCUT2D eigenvalue weighted by atomic mass is 9.99. The van der Waals surface area contributed by atoms with Crippen molar-refractivity contribution in [1.29, 1.82) is 0 Å². The molecule has 0 aromatic rings. The summed E-state index contributed by atoms with van der Waals surface area (Å²) in [7, 11) is 0. The molecule has 0 bridgehead atoms. The van der Waals surface area contributed by atoms with Gasteiger partial charge in [-0.2, -0.15) is 0 Å². The summed E-state index contributed by atoms with van der Waals surface area (Å²) in [5.41, 5.74) is 0. The molecule has 1 saturated heterocycles. The Morgan fingerprint density at radius 3 is 3.07 bits per heavy atom. The third-order valence-electron chi connectivity index (χ3n) is 2.80. The molecule has 0 saturated carbocycles. The van der Waals surface area contributed by atoms with Gasteiger partial charge in [-0.05, 0) is 18.3 Å². The highest BCUT2D eigenvalue weighted by molar-refractivity contribution is 5.76. The van der Waals surface area contributed by atoms with E-state index in [2.05, 4.69) is 19.2 Å². The van der Waals surface area contributed by atoms with Gasteiger partial charge in [0.05, 0.1) is 0 Å². The highest BCUT2D eigenvalue weighted by Gasteiger charge is 2.18. The zero-order chi connectivity index (χ0) is 10.4. The average Bonchev–Trinajstić information content (AvgIpc) is 2.17. The van der Waals surface area contributed by atoms with Crippen LogP contribution in [0.5, 0.6) is 0 Å². The van der Waals surface area contributed by atoms with Crippen molar-refractivity contribution in [2.75, 3.05) is 19.8 Å². The Labute approximate surface area is 86.2 Å². The summed E-state index contributed by atoms with van der Waals surface area (Å²) in [6.45, 7) is 6.75. The molecule has 1 N–H and O–H groups in total. The molecule has 0 aliphatic carbocycles. The monoisotopic (exact) mass is 199 g/mol. The minimum absolute atomic E-state index is 0.174. The number of amides is 1. The topological polar surface area (TPSA) is 38.3 Å². The summed E-state index contributed by atoms with van der Waals surface area (Å²) in [5, 5.41) is 2.83. The molecule has 1 rings (SSSR count). The molecule has 82 valence electrons. The lowest BCUT2D eigenvalue weighted by Gasteiger charge is -2.22. The van der Waals surface area contributed by atoms with Crippen LogP contribution < -0.4 is 5.32 Å². The number of nitrogens with one attached hydrogen (secondary N) is 1. The Hall–Kier alpha value is -0.570. The van der Waals surface area contributed by atoms with Gasteiger partial charge < -0.3 is 10.1 Å². The van der Waals surface area contributed by atoms with Crippen LogP contribution in [0.1, 0.15) is 33.1 Å². The number of ether oxygens (including phenoxy) is 1. The first-order valence-corrected chi connectivity index (χ1v) is 5.56. The van der Waals surface area contributed by atoms with E-state index in [1.807, 2.05) is 0 Å². The summed E-state index contributed by atoms with van der Waals surface area (Å²) in [4.78, 5) is 11.1. The molecule has 1 aliphatic rings. The molecule has 0 radical (unpaired) electrons. The van der Waals surface area contributed by atoms with E-state index in [9.17, 15) is 4.79 Å². The minimum Gasteiger partial charge on any atom is -0.381 e. The number of rotatable bonds is 5. The zero-order valence-electron chi connectivity index (χ0n) is 9.21. The second kappa shape index (κ2) is 6.02. The van der Waals surface area contributed by atoms with Crippen LogP contribution >= 0.6 is 0 Å². The summed E-state index contributed by atoms with van der Waals surface area (Å²) in [6.07, 6.45) is 2.86. The van der Waals surface area contributed by atoms with Crippen LogP contribution in [0.4, 0.5) is 0 Å². The fraction of sp³-hybridized carbons (Fsp3) is 0.909. The third-order valence-corrected chi connectivity index (χ3v) is 2.80. The van der Waals surface area contributed by atoms with Crippen molar-refractivity contribution in [2.45, 2.75) is 33.1 Å². The van der Waals surface area contributed by atoms with E-state index in [4.69, 9.17) is 4.74 Å². The number of carbonyl (C=O) groups excluding carboxylic acids is 1. The van der Waals surface area contributed by atoms with Crippen molar-refractivity contribution in [2.24, 2.45) is 11.8 Å². The zero-order valence-corrected chi connectivity index (χ0v) is 9.21. The number of carbonyl (C=O) groups is 1. The molecule has 1 aliphatic heterocycles. The van der Waals surface area contributed by atoms with E-state index in [1.165, 1.54) is 0 Å². The van der Waals surface area contributed by atoms with Crippen LogP contribution in [0.15, 0.2) is 0 Å². The van der Waals surface area contributed by atoms with Crippen molar-refractivity contribution < 1.29 is 9.53 Å². The minimum atomic E-state index is 0.174. The van der Waals surface area contributed by atoms with E-state index in [1.54, 1.807) is 0 Å². The van der Waals surface area contributed by atoms with Gasteiger partial charge in [0.15, 0.2) is 0 Å². The summed E-state index contributed by atoms with van der Waals surface area (Å²) in [5.74, 6) is 1.24. The van der Waals surface area contributed by atoms with Crippen LogP contribution in [0.2, 0.25) is 0 Å². The van der Waals surface area contributed by atoms with E-state index in [-0.39, 0.29) is 5.91 Å². The maximum absolute atomic E-state index is 11.1. The maximum atomic E-state index is 11.1. The van der Waals surface area contributed by atoms with Gasteiger partial charge in [-0.15, -0.1) is 0 Å². The van der Waals surface area contributed by atoms with Gasteiger partial charge >= 0.3 is 0 Å². The Morgan fingerprint density at radius 2 is 2.43 bits per heavy atom. The molecule has 0 spiro atoms. The summed E-state index contributed by atoms with van der Waals surface area (Å²) >= 11 is 0. The molecular formula is C11H21NO2. The molecule has 14 heavy (non-hydrogen) atoms. The Kier molecular flexibility index (Phi) is 4.94. The Balaban J connectivity index is 2.08. The van der Waals surface area contributed by atoms with E-state index in [0.717, 1.165) is 32.6 Å². The third kappa shape index (κ3) is 4.09. The first-order valence-electron chi connectivity index (χ1n) is 5.56. The molecule has 0 aromatic heterocycles. The van der Waals surface area contributed by atoms with Crippen LogP contribution in [0.3, 0.4) is 0 Å². The molecule has 1 amide bonds. The summed E-state index contributed by atoms with van der Waals surface area (Å²) in [6, 6.07) is 0. The van der Waals surface area contributed by atoms with Gasteiger partial charge in [0, 0.05) is 26.2 Å². The van der Waals surface area contributed by atoms with Crippen molar-refractivity contribution >= 4 is 5.91 Å². The lowest BCUT2D eigenvalue weighted by Crippen LogP contribution is -2.35. The van der Waals surface area contributed by atoms with Gasteiger partial charge in [-0.25, -0.2) is 0 Å². The van der Waals surface area contributed by atoms with Gasteiger partial charge in [0.25, 0.3) is 0 Å². The van der Waals surface area contributed by atoms with Crippen LogP contribution in [-0.4, -0.2) is 25.7 Å². The maximum Gasteiger partial charge on any atom is 0.220 e. The van der Waals surface area contributed by atoms with Gasteiger partial charge in [-0.1, -0.05) is 20.3 Å². The SMILES string of the molecule is CC[C@H](C)COC[C@@H]1CCNC(=O)C1. The highest BCUT2D eigenvalue weighted by Crippen LogP contribution is 2.13. The second-order valence-corrected chi connectivity index (χ2v) is 4.26. The Morgan fingerprint density at radius 1 is 1.64 bits per heavy atom. The molecular weight excluding hydrogens is 178 g/mol.